The van der Waals surface area contributed by atoms with Crippen molar-refractivity contribution < 1.29 is 37.6 Å². The van der Waals surface area contributed by atoms with Crippen molar-refractivity contribution in [1.29, 1.82) is 0 Å². The predicted molar refractivity (Wildman–Crippen MR) is 321 cm³/mol. The average molecular weight is 1060 g/mol. The van der Waals surface area contributed by atoms with E-state index >= 15 is 0 Å². The molecule has 0 spiro atoms. The molecule has 0 rings (SSSR count). The van der Waals surface area contributed by atoms with Gasteiger partial charge >= 0.3 is 19.8 Å². The standard InChI is InChI=1S/C65H110NO8P/c1-3-5-7-9-11-13-15-17-19-21-23-24-25-26-27-28-29-30-31-32-33-34-35-36-37-38-40-42-44-46-48-50-52-54-56-58-65(68)74-63(62-73-75(69,70)72-60-59-66)61-71-64(67)57-55-53-51-49-47-45-43-41-39-22-20-18-16-14-12-10-8-6-4-2/h5-8,11-14,17-20,23-24,26-27,29-30,39,41,63H,3-4,9-10,15-16,21-22,25,28,31-38,40,42-62,66H2,1-2H3,(H,69,70)/b7-5-,8-6-,13-11-,14-12-,19-17-,20-18-,24-23-,27-26-,30-29-,41-39-. The number of phosphoric ester groups is 1. The molecule has 0 aromatic carbocycles. The van der Waals surface area contributed by atoms with Crippen LogP contribution in [0, 0.1) is 0 Å². The van der Waals surface area contributed by atoms with Gasteiger partial charge in [-0.15, -0.1) is 0 Å². The van der Waals surface area contributed by atoms with Crippen LogP contribution in [-0.2, 0) is 32.7 Å². The van der Waals surface area contributed by atoms with Crippen molar-refractivity contribution in [2.45, 2.75) is 251 Å². The maximum atomic E-state index is 12.7. The van der Waals surface area contributed by atoms with Gasteiger partial charge in [-0.2, -0.15) is 0 Å². The van der Waals surface area contributed by atoms with Gasteiger partial charge in [-0.1, -0.05) is 251 Å². The summed E-state index contributed by atoms with van der Waals surface area (Å²) in [6, 6.07) is 0. The van der Waals surface area contributed by atoms with Crippen LogP contribution in [0.5, 0.6) is 0 Å². The molecule has 0 aliphatic rings. The third-order valence-corrected chi connectivity index (χ3v) is 13.3. The molecule has 0 saturated heterocycles. The summed E-state index contributed by atoms with van der Waals surface area (Å²) < 4.78 is 33.0. The fourth-order valence-corrected chi connectivity index (χ4v) is 8.75. The Balaban J connectivity index is 3.94. The number of ether oxygens (including phenoxy) is 2. The summed E-state index contributed by atoms with van der Waals surface area (Å²) in [5, 5.41) is 0. The number of unbranched alkanes of at least 4 members (excludes halogenated alkanes) is 22. The zero-order valence-electron chi connectivity index (χ0n) is 47.7. The number of rotatable bonds is 55. The Morgan fingerprint density at radius 2 is 0.693 bits per heavy atom. The predicted octanol–water partition coefficient (Wildman–Crippen LogP) is 19.2. The minimum atomic E-state index is -4.40. The minimum Gasteiger partial charge on any atom is -0.462 e. The van der Waals surface area contributed by atoms with Crippen molar-refractivity contribution in [2.24, 2.45) is 5.73 Å². The van der Waals surface area contributed by atoms with Crippen molar-refractivity contribution in [3.63, 3.8) is 0 Å². The van der Waals surface area contributed by atoms with Gasteiger partial charge in [0.25, 0.3) is 0 Å². The van der Waals surface area contributed by atoms with E-state index in [4.69, 9.17) is 24.3 Å². The van der Waals surface area contributed by atoms with Crippen LogP contribution in [0.1, 0.15) is 245 Å². The van der Waals surface area contributed by atoms with Gasteiger partial charge < -0.3 is 20.1 Å². The van der Waals surface area contributed by atoms with Gasteiger partial charge in [0.05, 0.1) is 13.2 Å². The van der Waals surface area contributed by atoms with Crippen LogP contribution >= 0.6 is 7.82 Å². The Labute approximate surface area is 460 Å². The molecule has 0 aliphatic carbocycles. The SMILES string of the molecule is CC/C=C\C/C=C\C/C=C\C/C=C\C/C=C\C/C=C\CCCCCCCCCCCCCCCCCCC(=O)OC(COC(=O)CCCCCCCC/C=C\C/C=C\C/C=C\C/C=C\CC)COP(=O)(O)OCCN. The summed E-state index contributed by atoms with van der Waals surface area (Å²) in [4.78, 5) is 35.2. The molecule has 9 nitrogen and oxygen atoms in total. The van der Waals surface area contributed by atoms with Crippen molar-refractivity contribution in [3.05, 3.63) is 122 Å². The van der Waals surface area contributed by atoms with Gasteiger partial charge in [-0.3, -0.25) is 18.6 Å². The maximum Gasteiger partial charge on any atom is 0.472 e. The Hall–Kier alpha value is -3.59. The number of carbonyl (C=O) groups is 2. The molecule has 0 heterocycles. The first-order chi connectivity index (χ1) is 36.8. The molecular weight excluding hydrogens is 954 g/mol. The lowest BCUT2D eigenvalue weighted by Gasteiger charge is -2.19. The molecule has 428 valence electrons. The van der Waals surface area contributed by atoms with Crippen LogP contribution in [0.2, 0.25) is 0 Å². The van der Waals surface area contributed by atoms with Gasteiger partial charge in [-0.05, 0) is 103 Å². The van der Waals surface area contributed by atoms with E-state index in [1.807, 2.05) is 0 Å². The molecule has 0 saturated carbocycles. The third kappa shape index (κ3) is 59.5. The molecule has 75 heavy (non-hydrogen) atoms. The van der Waals surface area contributed by atoms with Crippen LogP contribution in [0.25, 0.3) is 0 Å². The van der Waals surface area contributed by atoms with E-state index in [9.17, 15) is 19.0 Å². The van der Waals surface area contributed by atoms with Crippen molar-refractivity contribution >= 4 is 19.8 Å². The van der Waals surface area contributed by atoms with Crippen molar-refractivity contribution in [2.75, 3.05) is 26.4 Å². The summed E-state index contributed by atoms with van der Waals surface area (Å²) >= 11 is 0. The van der Waals surface area contributed by atoms with E-state index in [1.165, 1.54) is 83.5 Å². The average Bonchev–Trinajstić information content (AvgIpc) is 3.40. The number of phosphoric acid groups is 1. The van der Waals surface area contributed by atoms with E-state index in [0.29, 0.717) is 12.8 Å². The minimum absolute atomic E-state index is 0.0464. The molecule has 0 aromatic rings. The largest absolute Gasteiger partial charge is 0.472 e. The number of esters is 2. The van der Waals surface area contributed by atoms with E-state index in [-0.39, 0.29) is 32.6 Å². The molecular formula is C65H110NO8P. The van der Waals surface area contributed by atoms with Crippen LogP contribution < -0.4 is 5.73 Å². The first kappa shape index (κ1) is 71.4. The zero-order valence-corrected chi connectivity index (χ0v) is 48.6. The van der Waals surface area contributed by atoms with Crippen LogP contribution in [0.15, 0.2) is 122 Å². The number of carbonyl (C=O) groups excluding carboxylic acids is 2. The Bertz CT molecular complexity index is 1640. The number of hydrogen-bond acceptors (Lipinski definition) is 8. The lowest BCUT2D eigenvalue weighted by molar-refractivity contribution is -0.161. The molecule has 2 atom stereocenters. The summed E-state index contributed by atoms with van der Waals surface area (Å²) in [5.41, 5.74) is 5.38. The highest BCUT2D eigenvalue weighted by Gasteiger charge is 2.26. The topological polar surface area (TPSA) is 134 Å². The van der Waals surface area contributed by atoms with Crippen molar-refractivity contribution in [1.82, 2.24) is 0 Å². The Morgan fingerprint density at radius 3 is 1.03 bits per heavy atom. The smallest absolute Gasteiger partial charge is 0.462 e. The highest BCUT2D eigenvalue weighted by molar-refractivity contribution is 7.47. The second-order valence-corrected chi connectivity index (χ2v) is 20.9. The molecule has 2 unspecified atom stereocenters. The lowest BCUT2D eigenvalue weighted by Crippen LogP contribution is -2.29. The van der Waals surface area contributed by atoms with Crippen LogP contribution in [0.4, 0.5) is 0 Å². The highest BCUT2D eigenvalue weighted by atomic mass is 31.2. The summed E-state index contributed by atoms with van der Waals surface area (Å²) in [7, 11) is -4.40. The molecule has 0 fully saturated rings. The highest BCUT2D eigenvalue weighted by Crippen LogP contribution is 2.43. The summed E-state index contributed by atoms with van der Waals surface area (Å²) in [5.74, 6) is -0.846. The number of hydrogen-bond donors (Lipinski definition) is 2. The molecule has 0 aromatic heterocycles. The fraction of sp³-hybridized carbons (Fsp3) is 0.662. The van der Waals surface area contributed by atoms with E-state index in [2.05, 4.69) is 135 Å². The second-order valence-electron chi connectivity index (χ2n) is 19.5. The maximum absolute atomic E-state index is 12.7. The normalized spacial score (nSPS) is 13.9. The van der Waals surface area contributed by atoms with E-state index < -0.39 is 32.5 Å². The first-order valence-corrected chi connectivity index (χ1v) is 31.5. The summed E-state index contributed by atoms with van der Waals surface area (Å²) in [6.45, 7) is 3.50. The van der Waals surface area contributed by atoms with Gasteiger partial charge in [0.15, 0.2) is 6.10 Å². The zero-order chi connectivity index (χ0) is 54.5. The molecule has 0 radical (unpaired) electrons. The van der Waals surface area contributed by atoms with Crippen molar-refractivity contribution in [3.8, 4) is 0 Å². The van der Waals surface area contributed by atoms with Gasteiger partial charge in [0.1, 0.15) is 6.61 Å². The Morgan fingerprint density at radius 1 is 0.400 bits per heavy atom. The van der Waals surface area contributed by atoms with Gasteiger partial charge in [0.2, 0.25) is 0 Å². The first-order valence-electron chi connectivity index (χ1n) is 30.0. The second kappa shape index (κ2) is 59.7. The molecule has 0 bridgehead atoms. The number of nitrogens with two attached hydrogens (primary N) is 1. The molecule has 3 N–H and O–H groups in total. The van der Waals surface area contributed by atoms with Gasteiger partial charge in [-0.25, -0.2) is 4.57 Å². The van der Waals surface area contributed by atoms with E-state index in [0.717, 1.165) is 122 Å². The molecule has 0 amide bonds. The molecule has 0 aliphatic heterocycles. The third-order valence-electron chi connectivity index (χ3n) is 12.3. The quantitative estimate of drug-likeness (QED) is 0.0264. The van der Waals surface area contributed by atoms with Crippen LogP contribution in [0.3, 0.4) is 0 Å². The summed E-state index contributed by atoms with van der Waals surface area (Å²) in [6.07, 6.45) is 82.6. The van der Waals surface area contributed by atoms with Gasteiger partial charge in [0, 0.05) is 19.4 Å². The monoisotopic (exact) mass is 1060 g/mol. The Kier molecular flexibility index (Phi) is 56.8. The van der Waals surface area contributed by atoms with Crippen LogP contribution in [-0.4, -0.2) is 49.3 Å². The lowest BCUT2D eigenvalue weighted by atomic mass is 10.0. The fourth-order valence-electron chi connectivity index (χ4n) is 7.98. The molecule has 10 heteroatoms. The number of allylic oxidation sites excluding steroid dienone is 20. The van der Waals surface area contributed by atoms with E-state index in [1.54, 1.807) is 0 Å².